The maximum absolute atomic E-state index is 12.0. The fourth-order valence-electron chi connectivity index (χ4n) is 2.24. The van der Waals surface area contributed by atoms with Crippen molar-refractivity contribution in [1.82, 2.24) is 0 Å². The van der Waals surface area contributed by atoms with E-state index in [-0.39, 0.29) is 18.1 Å². The number of carbonyl (C=O) groups excluding carboxylic acids is 1. The second-order valence-corrected chi connectivity index (χ2v) is 5.48. The average molecular weight is 276 g/mol. The van der Waals surface area contributed by atoms with Crippen molar-refractivity contribution in [3.8, 4) is 0 Å². The standard InChI is InChI=1S/C17H24O3/c1-3-4-5-6-14-7-9-15(10-8-14)16(18)11-13(2)12-17(19)20/h7-10,13H,3-6,11-12H2,1-2H3,(H,19,20). The molecule has 1 N–H and O–H groups in total. The first kappa shape index (κ1) is 16.4. The summed E-state index contributed by atoms with van der Waals surface area (Å²) in [6.07, 6.45) is 5.00. The van der Waals surface area contributed by atoms with Gasteiger partial charge in [0.05, 0.1) is 0 Å². The van der Waals surface area contributed by atoms with E-state index in [1.807, 2.05) is 24.3 Å². The van der Waals surface area contributed by atoms with Gasteiger partial charge < -0.3 is 5.11 Å². The fourth-order valence-corrected chi connectivity index (χ4v) is 2.24. The third-order valence-electron chi connectivity index (χ3n) is 3.40. The van der Waals surface area contributed by atoms with E-state index >= 15 is 0 Å². The molecule has 0 aliphatic carbocycles. The molecule has 0 heterocycles. The van der Waals surface area contributed by atoms with Crippen LogP contribution in [0.1, 0.15) is 61.9 Å². The highest BCUT2D eigenvalue weighted by Crippen LogP contribution is 2.15. The van der Waals surface area contributed by atoms with Crippen LogP contribution in [0.3, 0.4) is 0 Å². The molecule has 1 aromatic carbocycles. The van der Waals surface area contributed by atoms with Crippen molar-refractivity contribution >= 4 is 11.8 Å². The van der Waals surface area contributed by atoms with Gasteiger partial charge in [0.1, 0.15) is 0 Å². The number of hydrogen-bond acceptors (Lipinski definition) is 2. The molecule has 0 saturated carbocycles. The number of hydrogen-bond donors (Lipinski definition) is 1. The molecule has 0 spiro atoms. The highest BCUT2D eigenvalue weighted by molar-refractivity contribution is 5.96. The van der Waals surface area contributed by atoms with Gasteiger partial charge in [-0.3, -0.25) is 9.59 Å². The average Bonchev–Trinajstić information content (AvgIpc) is 2.38. The zero-order chi connectivity index (χ0) is 15.0. The first-order chi connectivity index (χ1) is 9.52. The minimum Gasteiger partial charge on any atom is -0.481 e. The van der Waals surface area contributed by atoms with Crippen LogP contribution in [-0.4, -0.2) is 16.9 Å². The third-order valence-corrected chi connectivity index (χ3v) is 3.40. The Kier molecular flexibility index (Phi) is 6.99. The van der Waals surface area contributed by atoms with Crippen molar-refractivity contribution < 1.29 is 14.7 Å². The van der Waals surface area contributed by atoms with Crippen molar-refractivity contribution in [3.63, 3.8) is 0 Å². The molecular formula is C17H24O3. The second-order valence-electron chi connectivity index (χ2n) is 5.48. The molecular weight excluding hydrogens is 252 g/mol. The zero-order valence-electron chi connectivity index (χ0n) is 12.4. The Morgan fingerprint density at radius 1 is 1.10 bits per heavy atom. The highest BCUT2D eigenvalue weighted by Gasteiger charge is 2.14. The smallest absolute Gasteiger partial charge is 0.303 e. The number of carboxylic acid groups (broad SMARTS) is 1. The molecule has 0 aliphatic heterocycles. The SMILES string of the molecule is CCCCCc1ccc(C(=O)CC(C)CC(=O)O)cc1. The lowest BCUT2D eigenvalue weighted by Gasteiger charge is -2.08. The molecule has 3 nitrogen and oxygen atoms in total. The lowest BCUT2D eigenvalue weighted by atomic mass is 9.96. The van der Waals surface area contributed by atoms with E-state index in [4.69, 9.17) is 5.11 Å². The summed E-state index contributed by atoms with van der Waals surface area (Å²) in [5.41, 5.74) is 1.94. The number of benzene rings is 1. The Hall–Kier alpha value is -1.64. The Balaban J connectivity index is 2.50. The van der Waals surface area contributed by atoms with Crippen LogP contribution in [0.4, 0.5) is 0 Å². The Labute approximate surface area is 121 Å². The van der Waals surface area contributed by atoms with Crippen LogP contribution in [0.15, 0.2) is 24.3 Å². The van der Waals surface area contributed by atoms with E-state index in [1.54, 1.807) is 6.92 Å². The quantitative estimate of drug-likeness (QED) is 0.545. The Bertz CT molecular complexity index is 434. The van der Waals surface area contributed by atoms with E-state index in [0.717, 1.165) is 6.42 Å². The predicted octanol–water partition coefficient (Wildman–Crippen LogP) is 4.10. The molecule has 1 rings (SSSR count). The van der Waals surface area contributed by atoms with Gasteiger partial charge in [0.2, 0.25) is 0 Å². The van der Waals surface area contributed by atoms with Gasteiger partial charge in [0, 0.05) is 18.4 Å². The van der Waals surface area contributed by atoms with Crippen LogP contribution in [0.2, 0.25) is 0 Å². The zero-order valence-corrected chi connectivity index (χ0v) is 12.4. The molecule has 0 fully saturated rings. The summed E-state index contributed by atoms with van der Waals surface area (Å²) < 4.78 is 0. The van der Waals surface area contributed by atoms with Gasteiger partial charge in [-0.1, -0.05) is 51.0 Å². The van der Waals surface area contributed by atoms with Gasteiger partial charge in [-0.15, -0.1) is 0 Å². The van der Waals surface area contributed by atoms with Gasteiger partial charge in [-0.05, 0) is 24.3 Å². The topological polar surface area (TPSA) is 54.4 Å². The van der Waals surface area contributed by atoms with Gasteiger partial charge in [-0.25, -0.2) is 0 Å². The monoisotopic (exact) mass is 276 g/mol. The molecule has 0 aliphatic rings. The number of Topliss-reactive ketones (excluding diaryl/α,β-unsaturated/α-hetero) is 1. The molecule has 0 radical (unpaired) electrons. The van der Waals surface area contributed by atoms with Crippen molar-refractivity contribution in [2.75, 3.05) is 0 Å². The molecule has 20 heavy (non-hydrogen) atoms. The number of aliphatic carboxylic acids is 1. The first-order valence-electron chi connectivity index (χ1n) is 7.36. The maximum atomic E-state index is 12.0. The molecule has 1 aromatic rings. The molecule has 0 bridgehead atoms. The number of carbonyl (C=O) groups is 2. The highest BCUT2D eigenvalue weighted by atomic mass is 16.4. The largest absolute Gasteiger partial charge is 0.481 e. The van der Waals surface area contributed by atoms with Gasteiger partial charge in [0.25, 0.3) is 0 Å². The van der Waals surface area contributed by atoms with Crippen LogP contribution in [-0.2, 0) is 11.2 Å². The summed E-state index contributed by atoms with van der Waals surface area (Å²) in [7, 11) is 0. The van der Waals surface area contributed by atoms with Gasteiger partial charge in [-0.2, -0.15) is 0 Å². The number of unbranched alkanes of at least 4 members (excludes halogenated alkanes) is 2. The van der Waals surface area contributed by atoms with Gasteiger partial charge in [0.15, 0.2) is 5.78 Å². The molecule has 0 saturated heterocycles. The number of carboxylic acids is 1. The third kappa shape index (κ3) is 6.00. The molecule has 1 atom stereocenters. The molecule has 110 valence electrons. The van der Waals surface area contributed by atoms with Crippen molar-refractivity contribution in [2.45, 2.75) is 52.4 Å². The summed E-state index contributed by atoms with van der Waals surface area (Å²) in [6, 6.07) is 7.73. The van der Waals surface area contributed by atoms with Crippen LogP contribution in [0.5, 0.6) is 0 Å². The fraction of sp³-hybridized carbons (Fsp3) is 0.529. The number of rotatable bonds is 9. The normalized spacial score (nSPS) is 12.1. The van der Waals surface area contributed by atoms with Gasteiger partial charge >= 0.3 is 5.97 Å². The first-order valence-corrected chi connectivity index (χ1v) is 7.36. The lowest BCUT2D eigenvalue weighted by molar-refractivity contribution is -0.137. The summed E-state index contributed by atoms with van der Waals surface area (Å²) in [6.45, 7) is 3.98. The van der Waals surface area contributed by atoms with E-state index in [0.29, 0.717) is 12.0 Å². The minimum atomic E-state index is -0.850. The van der Waals surface area contributed by atoms with Crippen molar-refractivity contribution in [1.29, 1.82) is 0 Å². The van der Waals surface area contributed by atoms with Crippen LogP contribution in [0.25, 0.3) is 0 Å². The Morgan fingerprint density at radius 3 is 2.30 bits per heavy atom. The molecule has 3 heteroatoms. The minimum absolute atomic E-state index is 0.0267. The molecule has 1 unspecified atom stereocenters. The van der Waals surface area contributed by atoms with Crippen LogP contribution in [0, 0.1) is 5.92 Å². The van der Waals surface area contributed by atoms with Crippen LogP contribution < -0.4 is 0 Å². The molecule has 0 aromatic heterocycles. The summed E-state index contributed by atoms with van der Waals surface area (Å²) in [5, 5.41) is 8.70. The summed E-state index contributed by atoms with van der Waals surface area (Å²) in [5.74, 6) is -0.945. The van der Waals surface area contributed by atoms with E-state index in [1.165, 1.54) is 24.8 Å². The second kappa shape index (κ2) is 8.51. The molecule has 0 amide bonds. The maximum Gasteiger partial charge on any atom is 0.303 e. The van der Waals surface area contributed by atoms with Crippen molar-refractivity contribution in [2.24, 2.45) is 5.92 Å². The van der Waals surface area contributed by atoms with Crippen LogP contribution >= 0.6 is 0 Å². The van der Waals surface area contributed by atoms with E-state index in [2.05, 4.69) is 6.92 Å². The van der Waals surface area contributed by atoms with Crippen molar-refractivity contribution in [3.05, 3.63) is 35.4 Å². The lowest BCUT2D eigenvalue weighted by Crippen LogP contribution is -2.10. The summed E-state index contributed by atoms with van der Waals surface area (Å²) in [4.78, 5) is 22.6. The van der Waals surface area contributed by atoms with E-state index in [9.17, 15) is 9.59 Å². The number of aryl methyl sites for hydroxylation is 1. The Morgan fingerprint density at radius 2 is 1.75 bits per heavy atom. The predicted molar refractivity (Wildman–Crippen MR) is 80.0 cm³/mol. The number of ketones is 1. The van der Waals surface area contributed by atoms with E-state index < -0.39 is 5.97 Å². The summed E-state index contributed by atoms with van der Waals surface area (Å²) >= 11 is 0.